The number of rotatable bonds is 13. The number of benzene rings is 3. The van der Waals surface area contributed by atoms with Gasteiger partial charge in [0.1, 0.15) is 0 Å². The standard InChI is InChI=1S/C32H42N4O4S.ClH/c1-3-34-28-20-27(21-29(22-28)36-17-9-10-18-41(36,39)40)32(38)35-30(19-25-12-5-4-6-13-25)31(37)23-33-16-15-26-14-8-7-11-24(26)2;/h4-8,11-14,20-22,30-31,33-34,37H,3,9-10,15-19,23H2,1-2H3,(H,35,38);1H/t30-,31+;/m0./s1. The summed E-state index contributed by atoms with van der Waals surface area (Å²) in [6, 6.07) is 22.6. The Kier molecular flexibility index (Phi) is 12.7. The lowest BCUT2D eigenvalue weighted by Crippen LogP contribution is -2.49. The van der Waals surface area contributed by atoms with Crippen LogP contribution in [-0.2, 0) is 22.9 Å². The molecule has 2 atom stereocenters. The zero-order chi connectivity index (χ0) is 29.2. The first-order valence-electron chi connectivity index (χ1n) is 14.4. The van der Waals surface area contributed by atoms with E-state index in [1.54, 1.807) is 18.2 Å². The van der Waals surface area contributed by atoms with Gasteiger partial charge in [0.05, 0.1) is 23.6 Å². The van der Waals surface area contributed by atoms with E-state index >= 15 is 0 Å². The highest BCUT2D eigenvalue weighted by molar-refractivity contribution is 7.92. The Morgan fingerprint density at radius 2 is 1.76 bits per heavy atom. The number of carbonyl (C=O) groups excluding carboxylic acids is 1. The molecule has 4 rings (SSSR count). The average molecular weight is 615 g/mol. The van der Waals surface area contributed by atoms with Crippen molar-refractivity contribution in [2.45, 2.75) is 51.7 Å². The van der Waals surface area contributed by atoms with Crippen LogP contribution < -0.4 is 20.3 Å². The number of aryl methyl sites for hydroxylation is 1. The smallest absolute Gasteiger partial charge is 0.251 e. The fourth-order valence-electron chi connectivity index (χ4n) is 5.18. The molecule has 10 heteroatoms. The number of anilines is 2. The molecule has 1 saturated heterocycles. The molecule has 4 N–H and O–H groups in total. The Morgan fingerprint density at radius 1 is 1.02 bits per heavy atom. The maximum atomic E-state index is 13.6. The Labute approximate surface area is 256 Å². The molecule has 3 aromatic carbocycles. The van der Waals surface area contributed by atoms with E-state index in [0.717, 1.165) is 18.4 Å². The van der Waals surface area contributed by atoms with Crippen molar-refractivity contribution in [2.24, 2.45) is 0 Å². The van der Waals surface area contributed by atoms with Gasteiger partial charge in [-0.05, 0) is 81.0 Å². The largest absolute Gasteiger partial charge is 0.390 e. The highest BCUT2D eigenvalue weighted by atomic mass is 35.5. The molecule has 8 nitrogen and oxygen atoms in total. The van der Waals surface area contributed by atoms with Gasteiger partial charge in [0.2, 0.25) is 10.0 Å². The fourth-order valence-corrected chi connectivity index (χ4v) is 6.80. The van der Waals surface area contributed by atoms with Crippen molar-refractivity contribution in [2.75, 3.05) is 41.6 Å². The molecular formula is C32H43ClN4O4S. The van der Waals surface area contributed by atoms with E-state index in [1.165, 1.54) is 15.4 Å². The molecule has 0 saturated carbocycles. The summed E-state index contributed by atoms with van der Waals surface area (Å²) in [5.74, 6) is -0.261. The second kappa shape index (κ2) is 15.9. The van der Waals surface area contributed by atoms with E-state index < -0.39 is 22.2 Å². The van der Waals surface area contributed by atoms with Crippen LogP contribution in [0.5, 0.6) is 0 Å². The molecule has 0 aromatic heterocycles. The first-order valence-corrected chi connectivity index (χ1v) is 16.0. The van der Waals surface area contributed by atoms with E-state index in [4.69, 9.17) is 0 Å². The van der Waals surface area contributed by atoms with Crippen LogP contribution in [0.1, 0.15) is 46.8 Å². The Bertz CT molecular complexity index is 1400. The van der Waals surface area contributed by atoms with Crippen LogP contribution in [0, 0.1) is 6.92 Å². The van der Waals surface area contributed by atoms with Gasteiger partial charge in [0, 0.05) is 30.9 Å². The molecule has 0 bridgehead atoms. The lowest BCUT2D eigenvalue weighted by Gasteiger charge is -2.29. The zero-order valence-corrected chi connectivity index (χ0v) is 26.0. The minimum absolute atomic E-state index is 0. The molecule has 3 aromatic rings. The van der Waals surface area contributed by atoms with E-state index in [9.17, 15) is 18.3 Å². The first kappa shape index (κ1) is 33.4. The molecule has 1 aliphatic heterocycles. The summed E-state index contributed by atoms with van der Waals surface area (Å²) < 4.78 is 27.0. The van der Waals surface area contributed by atoms with Crippen LogP contribution in [0.25, 0.3) is 0 Å². The van der Waals surface area contributed by atoms with Crippen molar-refractivity contribution in [3.63, 3.8) is 0 Å². The summed E-state index contributed by atoms with van der Waals surface area (Å²) in [5, 5.41) is 20.8. The number of sulfonamides is 1. The maximum absolute atomic E-state index is 13.6. The van der Waals surface area contributed by atoms with Gasteiger partial charge in [0.15, 0.2) is 0 Å². The van der Waals surface area contributed by atoms with Crippen LogP contribution in [0.4, 0.5) is 11.4 Å². The predicted molar refractivity (Wildman–Crippen MR) is 173 cm³/mol. The zero-order valence-electron chi connectivity index (χ0n) is 24.4. The highest BCUT2D eigenvalue weighted by Gasteiger charge is 2.28. The molecular weight excluding hydrogens is 572 g/mol. The molecule has 228 valence electrons. The number of aliphatic hydroxyl groups is 1. The van der Waals surface area contributed by atoms with Crippen LogP contribution in [0.15, 0.2) is 72.8 Å². The van der Waals surface area contributed by atoms with Crippen LogP contribution in [0.2, 0.25) is 0 Å². The summed E-state index contributed by atoms with van der Waals surface area (Å²) in [4.78, 5) is 13.6. The summed E-state index contributed by atoms with van der Waals surface area (Å²) in [7, 11) is -3.44. The normalized spacial score (nSPS) is 15.7. The number of carbonyl (C=O) groups is 1. The van der Waals surface area contributed by atoms with E-state index in [1.807, 2.05) is 49.4 Å². The Balaban J connectivity index is 0.00000484. The average Bonchev–Trinajstić information content (AvgIpc) is 2.96. The third kappa shape index (κ3) is 9.19. The Morgan fingerprint density at radius 3 is 2.48 bits per heavy atom. The van der Waals surface area contributed by atoms with Crippen molar-refractivity contribution >= 4 is 39.7 Å². The van der Waals surface area contributed by atoms with Crippen molar-refractivity contribution in [3.05, 3.63) is 95.1 Å². The van der Waals surface area contributed by atoms with Gasteiger partial charge in [-0.15, -0.1) is 12.4 Å². The SMILES string of the molecule is CCNc1cc(C(=O)N[C@@H](Cc2ccccc2)[C@H](O)CNCCc2ccccc2C)cc(N2CCCCS2(=O)=O)c1.Cl. The number of aliphatic hydroxyl groups excluding tert-OH is 1. The lowest BCUT2D eigenvalue weighted by atomic mass is 10.00. The quantitative estimate of drug-likeness (QED) is 0.214. The van der Waals surface area contributed by atoms with Gasteiger partial charge in [-0.1, -0.05) is 54.6 Å². The molecule has 0 aliphatic carbocycles. The van der Waals surface area contributed by atoms with Gasteiger partial charge in [-0.3, -0.25) is 9.10 Å². The monoisotopic (exact) mass is 614 g/mol. The summed E-state index contributed by atoms with van der Waals surface area (Å²) in [5.41, 5.74) is 4.99. The minimum Gasteiger partial charge on any atom is -0.390 e. The number of halogens is 1. The van der Waals surface area contributed by atoms with E-state index in [2.05, 4.69) is 35.0 Å². The highest BCUT2D eigenvalue weighted by Crippen LogP contribution is 2.28. The predicted octanol–water partition coefficient (Wildman–Crippen LogP) is 4.31. The molecule has 1 fully saturated rings. The van der Waals surface area contributed by atoms with E-state index in [-0.39, 0.29) is 24.1 Å². The molecule has 1 aliphatic rings. The number of amides is 1. The summed E-state index contributed by atoms with van der Waals surface area (Å²) in [6.45, 7) is 6.07. The van der Waals surface area contributed by atoms with Crippen LogP contribution >= 0.6 is 12.4 Å². The molecule has 0 radical (unpaired) electrons. The molecule has 0 spiro atoms. The second-order valence-electron chi connectivity index (χ2n) is 10.6. The van der Waals surface area contributed by atoms with Crippen LogP contribution in [0.3, 0.4) is 0 Å². The van der Waals surface area contributed by atoms with Crippen molar-refractivity contribution < 1.29 is 18.3 Å². The van der Waals surface area contributed by atoms with Crippen molar-refractivity contribution in [1.82, 2.24) is 10.6 Å². The fraction of sp³-hybridized carbons (Fsp3) is 0.406. The minimum atomic E-state index is -3.44. The lowest BCUT2D eigenvalue weighted by molar-refractivity contribution is 0.0831. The van der Waals surface area contributed by atoms with Crippen LogP contribution in [-0.4, -0.2) is 63.5 Å². The third-order valence-electron chi connectivity index (χ3n) is 7.46. The van der Waals surface area contributed by atoms with Crippen molar-refractivity contribution in [3.8, 4) is 0 Å². The molecule has 1 heterocycles. The molecule has 42 heavy (non-hydrogen) atoms. The molecule has 1 amide bonds. The van der Waals surface area contributed by atoms with Gasteiger partial charge < -0.3 is 21.1 Å². The number of hydrogen-bond donors (Lipinski definition) is 4. The summed E-state index contributed by atoms with van der Waals surface area (Å²) in [6.07, 6.45) is 1.86. The Hall–Kier alpha value is -3.11. The third-order valence-corrected chi connectivity index (χ3v) is 9.33. The van der Waals surface area contributed by atoms with Gasteiger partial charge in [-0.25, -0.2) is 8.42 Å². The number of nitrogens with zero attached hydrogens (tertiary/aromatic N) is 1. The van der Waals surface area contributed by atoms with E-state index in [0.29, 0.717) is 56.0 Å². The van der Waals surface area contributed by atoms with Gasteiger partial charge in [0.25, 0.3) is 5.91 Å². The first-order chi connectivity index (χ1) is 19.8. The number of hydrogen-bond acceptors (Lipinski definition) is 6. The second-order valence-corrected chi connectivity index (χ2v) is 12.6. The summed E-state index contributed by atoms with van der Waals surface area (Å²) >= 11 is 0. The van der Waals surface area contributed by atoms with Gasteiger partial charge in [-0.2, -0.15) is 0 Å². The number of nitrogens with one attached hydrogen (secondary N) is 3. The van der Waals surface area contributed by atoms with Crippen molar-refractivity contribution in [1.29, 1.82) is 0 Å². The topological polar surface area (TPSA) is 111 Å². The van der Waals surface area contributed by atoms with Gasteiger partial charge >= 0.3 is 0 Å². The molecule has 0 unspecified atom stereocenters. The maximum Gasteiger partial charge on any atom is 0.251 e.